The molecule has 0 fully saturated rings. The molecule has 1 aromatic heterocycles. The van der Waals surface area contributed by atoms with Crippen LogP contribution >= 0.6 is 0 Å². The summed E-state index contributed by atoms with van der Waals surface area (Å²) in [5.41, 5.74) is 6.77. The predicted octanol–water partition coefficient (Wildman–Crippen LogP) is 9.23. The van der Waals surface area contributed by atoms with Gasteiger partial charge in [0.1, 0.15) is 23.7 Å². The minimum absolute atomic E-state index is 0.171. The van der Waals surface area contributed by atoms with Crippen LogP contribution in [0.2, 0.25) is 0 Å². The van der Waals surface area contributed by atoms with E-state index in [1.807, 2.05) is 6.07 Å². The Bertz CT molecular complexity index is 1720. The number of hydroxylamine groups is 1. The molecule has 39 heavy (non-hydrogen) atoms. The zero-order valence-electron chi connectivity index (χ0n) is 21.8. The molecule has 0 spiro atoms. The van der Waals surface area contributed by atoms with Crippen molar-refractivity contribution < 1.29 is 9.25 Å². The first kappa shape index (κ1) is 23.5. The number of para-hydroxylation sites is 1. The molecule has 5 aromatic carbocycles. The highest BCUT2D eigenvalue weighted by Gasteiger charge is 2.38. The largest absolute Gasteiger partial charge is 0.461 e. The molecule has 190 valence electrons. The third-order valence-electron chi connectivity index (χ3n) is 7.72. The van der Waals surface area contributed by atoms with Gasteiger partial charge in [-0.15, -0.1) is 0 Å². The lowest BCUT2D eigenvalue weighted by Crippen LogP contribution is -2.30. The molecule has 0 aliphatic carbocycles. The first-order chi connectivity index (χ1) is 19.3. The molecule has 3 heteroatoms. The summed E-state index contributed by atoms with van der Waals surface area (Å²) in [4.78, 5) is 7.02. The van der Waals surface area contributed by atoms with Crippen LogP contribution in [0.4, 0.5) is 5.69 Å². The molecule has 2 heterocycles. The van der Waals surface area contributed by atoms with Crippen molar-refractivity contribution in [2.75, 3.05) is 5.06 Å². The van der Waals surface area contributed by atoms with Crippen molar-refractivity contribution in [1.82, 2.24) is 0 Å². The zero-order chi connectivity index (χ0) is 26.2. The van der Waals surface area contributed by atoms with E-state index in [0.29, 0.717) is 6.42 Å². The Balaban J connectivity index is 1.53. The lowest BCUT2D eigenvalue weighted by Gasteiger charge is -2.34. The molecule has 0 saturated heterocycles. The standard InChI is InChI=1S/C36H29NO2/c1-25-32-24-33(27-15-5-2-6-16-27)39-37(29-20-9-4-10-21-29)35(28-17-7-3-8-18-28)34(32)36(38-25)31-23-13-19-26-14-11-12-22-30(26)31/h2-23,33,35H,24H2,1H3/t33-,35-/m1/s1. The van der Waals surface area contributed by atoms with Crippen LogP contribution in [-0.4, -0.2) is 0 Å². The summed E-state index contributed by atoms with van der Waals surface area (Å²) < 4.78 is 6.76. The highest BCUT2D eigenvalue weighted by atomic mass is 16.7. The second kappa shape index (κ2) is 9.94. The third-order valence-corrected chi connectivity index (χ3v) is 7.72. The van der Waals surface area contributed by atoms with Crippen molar-refractivity contribution in [2.45, 2.75) is 25.5 Å². The Morgan fingerprint density at radius 2 is 1.26 bits per heavy atom. The number of aryl methyl sites for hydroxylation is 1. The molecule has 7 rings (SSSR count). The Morgan fingerprint density at radius 3 is 2.00 bits per heavy atom. The molecule has 6 aromatic rings. The summed E-state index contributed by atoms with van der Waals surface area (Å²) in [6.07, 6.45) is 0.544. The Kier molecular flexibility index (Phi) is 5.99. The first-order valence-electron chi connectivity index (χ1n) is 13.5. The zero-order valence-corrected chi connectivity index (χ0v) is 21.8. The molecule has 0 unspecified atom stereocenters. The number of rotatable bonds is 4. The molecule has 1 aliphatic rings. The van der Waals surface area contributed by atoms with E-state index in [1.165, 1.54) is 16.3 Å². The predicted molar refractivity (Wildman–Crippen MR) is 158 cm³/mol. The van der Waals surface area contributed by atoms with Gasteiger partial charge in [0.2, 0.25) is 0 Å². The van der Waals surface area contributed by atoms with Gasteiger partial charge in [0.15, 0.2) is 0 Å². The highest BCUT2D eigenvalue weighted by Crippen LogP contribution is 2.48. The molecule has 0 amide bonds. The Morgan fingerprint density at radius 1 is 0.641 bits per heavy atom. The second-order valence-corrected chi connectivity index (χ2v) is 10.1. The molecule has 2 atom stereocenters. The van der Waals surface area contributed by atoms with Gasteiger partial charge in [0.25, 0.3) is 0 Å². The molecular weight excluding hydrogens is 478 g/mol. The van der Waals surface area contributed by atoms with E-state index < -0.39 is 0 Å². The summed E-state index contributed by atoms with van der Waals surface area (Å²) in [6, 6.07) is 46.3. The molecule has 3 nitrogen and oxygen atoms in total. The average Bonchev–Trinajstić information content (AvgIpc) is 3.20. The van der Waals surface area contributed by atoms with E-state index >= 15 is 0 Å². The summed E-state index contributed by atoms with van der Waals surface area (Å²) >= 11 is 0. The van der Waals surface area contributed by atoms with Crippen LogP contribution in [0.3, 0.4) is 0 Å². The van der Waals surface area contributed by atoms with Crippen LogP contribution < -0.4 is 5.06 Å². The van der Waals surface area contributed by atoms with E-state index in [0.717, 1.165) is 39.5 Å². The number of benzene rings is 5. The van der Waals surface area contributed by atoms with Crippen molar-refractivity contribution in [3.8, 4) is 11.3 Å². The van der Waals surface area contributed by atoms with Crippen LogP contribution in [0, 0.1) is 6.92 Å². The third kappa shape index (κ3) is 4.21. The van der Waals surface area contributed by atoms with Gasteiger partial charge in [-0.25, -0.2) is 5.06 Å². The smallest absolute Gasteiger partial charge is 0.140 e. The fourth-order valence-electron chi connectivity index (χ4n) is 5.87. The number of anilines is 1. The van der Waals surface area contributed by atoms with Gasteiger partial charge in [-0.05, 0) is 41.0 Å². The molecule has 0 radical (unpaired) electrons. The topological polar surface area (TPSA) is 25.6 Å². The molecule has 0 N–H and O–H groups in total. The van der Waals surface area contributed by atoms with Crippen LogP contribution in [0.15, 0.2) is 138 Å². The van der Waals surface area contributed by atoms with E-state index in [2.05, 4.69) is 139 Å². The first-order valence-corrected chi connectivity index (χ1v) is 13.5. The van der Waals surface area contributed by atoms with Gasteiger partial charge in [-0.1, -0.05) is 121 Å². The van der Waals surface area contributed by atoms with E-state index in [4.69, 9.17) is 9.25 Å². The number of furan rings is 1. The monoisotopic (exact) mass is 507 g/mol. The Labute approximate surface area is 228 Å². The second-order valence-electron chi connectivity index (χ2n) is 10.1. The molecule has 0 saturated carbocycles. The van der Waals surface area contributed by atoms with E-state index in [9.17, 15) is 0 Å². The maximum atomic E-state index is 7.02. The fourth-order valence-corrected chi connectivity index (χ4v) is 5.87. The van der Waals surface area contributed by atoms with Gasteiger partial charge < -0.3 is 4.42 Å². The summed E-state index contributed by atoms with van der Waals surface area (Å²) in [5, 5.41) is 4.48. The van der Waals surface area contributed by atoms with E-state index in [-0.39, 0.29) is 12.1 Å². The lowest BCUT2D eigenvalue weighted by molar-refractivity contribution is 0.0260. The lowest BCUT2D eigenvalue weighted by atomic mass is 9.88. The quantitative estimate of drug-likeness (QED) is 0.238. The minimum atomic E-state index is -0.205. The maximum absolute atomic E-state index is 7.02. The van der Waals surface area contributed by atoms with Gasteiger partial charge in [-0.2, -0.15) is 0 Å². The van der Waals surface area contributed by atoms with E-state index in [1.54, 1.807) is 0 Å². The van der Waals surface area contributed by atoms with Crippen LogP contribution in [0.25, 0.3) is 22.1 Å². The minimum Gasteiger partial charge on any atom is -0.461 e. The maximum Gasteiger partial charge on any atom is 0.140 e. The number of fused-ring (bicyclic) bond motifs is 2. The summed E-state index contributed by atoms with van der Waals surface area (Å²) in [5.74, 6) is 1.85. The van der Waals surface area contributed by atoms with Crippen molar-refractivity contribution >= 4 is 16.5 Å². The van der Waals surface area contributed by atoms with Crippen LogP contribution in [-0.2, 0) is 11.3 Å². The number of hydrogen-bond acceptors (Lipinski definition) is 3. The van der Waals surface area contributed by atoms with Crippen molar-refractivity contribution in [1.29, 1.82) is 0 Å². The van der Waals surface area contributed by atoms with Gasteiger partial charge in [-0.3, -0.25) is 4.84 Å². The molecule has 0 bridgehead atoms. The van der Waals surface area contributed by atoms with Crippen LogP contribution in [0.1, 0.15) is 40.2 Å². The average molecular weight is 508 g/mol. The van der Waals surface area contributed by atoms with Gasteiger partial charge >= 0.3 is 0 Å². The highest BCUT2D eigenvalue weighted by molar-refractivity contribution is 5.96. The van der Waals surface area contributed by atoms with Gasteiger partial charge in [0, 0.05) is 23.1 Å². The number of nitrogens with zero attached hydrogens (tertiary/aromatic N) is 1. The van der Waals surface area contributed by atoms with Gasteiger partial charge in [0.05, 0.1) is 5.69 Å². The molecule has 1 aliphatic heterocycles. The van der Waals surface area contributed by atoms with Crippen LogP contribution in [0.5, 0.6) is 0 Å². The van der Waals surface area contributed by atoms with Crippen molar-refractivity contribution in [3.05, 3.63) is 161 Å². The summed E-state index contributed by atoms with van der Waals surface area (Å²) in [7, 11) is 0. The normalized spacial score (nSPS) is 17.1. The fraction of sp³-hybridized carbons (Fsp3) is 0.111. The SMILES string of the molecule is Cc1oc(-c2cccc3ccccc23)c2c1C[C@H](c1ccccc1)ON(c1ccccc1)[C@@H]2c1ccccc1. The molecular formula is C36H29NO2. The van der Waals surface area contributed by atoms with Crippen molar-refractivity contribution in [3.63, 3.8) is 0 Å². The summed E-state index contributed by atoms with van der Waals surface area (Å²) in [6.45, 7) is 2.09. The van der Waals surface area contributed by atoms with Crippen molar-refractivity contribution in [2.24, 2.45) is 0 Å². The Hall–Kier alpha value is -4.60. The number of hydrogen-bond donors (Lipinski definition) is 0.